The molecule has 0 amide bonds. The average molecular weight is 595 g/mol. The van der Waals surface area contributed by atoms with Crippen molar-refractivity contribution in [3.05, 3.63) is 0 Å². The van der Waals surface area contributed by atoms with Crippen molar-refractivity contribution < 1.29 is 32.9 Å². The van der Waals surface area contributed by atoms with E-state index in [1.54, 1.807) is 10.7 Å². The van der Waals surface area contributed by atoms with Crippen LogP contribution in [0.2, 0.25) is 91.7 Å². The first-order valence-corrected chi connectivity index (χ1v) is 34.5. The van der Waals surface area contributed by atoms with E-state index in [4.69, 9.17) is 32.9 Å². The van der Waals surface area contributed by atoms with E-state index in [0.717, 1.165) is 0 Å². The zero-order valence-corrected chi connectivity index (χ0v) is 30.5. The summed E-state index contributed by atoms with van der Waals surface area (Å²) in [6, 6.07) is 0. The van der Waals surface area contributed by atoms with Gasteiger partial charge in [-0.15, -0.1) is 0 Å². The highest BCUT2D eigenvalue weighted by Gasteiger charge is 2.60. The molecule has 0 N–H and O–H groups in total. The number of rotatable bonds is 2. The fraction of sp³-hybridized carbons (Fsp3) is 1.00. The maximum Gasteiger partial charge on any atom is 0.383 e. The van der Waals surface area contributed by atoms with Crippen molar-refractivity contribution in [3.8, 4) is 0 Å². The van der Waals surface area contributed by atoms with Crippen LogP contribution in [0.3, 0.4) is 0 Å². The molecule has 0 bridgehead atoms. The molecule has 0 saturated carbocycles. The molecule has 8 nitrogen and oxygen atoms in total. The van der Waals surface area contributed by atoms with Crippen molar-refractivity contribution in [1.82, 2.24) is 0 Å². The Labute approximate surface area is 201 Å². The lowest BCUT2D eigenvalue weighted by molar-refractivity contribution is 0.245. The lowest BCUT2D eigenvalue weighted by Gasteiger charge is -2.51. The fourth-order valence-corrected chi connectivity index (χ4v) is 65.0. The van der Waals surface area contributed by atoms with Crippen LogP contribution < -0.4 is 0 Å². The largest absolute Gasteiger partial charge is 0.416 e. The van der Waals surface area contributed by atoms with E-state index in [-0.39, 0.29) is 0 Å². The maximum atomic E-state index is 6.77. The van der Waals surface area contributed by atoms with Gasteiger partial charge in [-0.05, 0) is 91.7 Å². The second-order valence-electron chi connectivity index (χ2n) is 11.0. The highest BCUT2D eigenvalue weighted by molar-refractivity contribution is 8.48. The van der Waals surface area contributed by atoms with Crippen LogP contribution in [0.4, 0.5) is 0 Å². The van der Waals surface area contributed by atoms with Gasteiger partial charge in [-0.1, -0.05) is 10.7 Å². The molecule has 0 aromatic heterocycles. The summed E-state index contributed by atoms with van der Waals surface area (Å²) in [6.45, 7) is 29.0. The van der Waals surface area contributed by atoms with E-state index in [2.05, 4.69) is 91.7 Å². The third-order valence-corrected chi connectivity index (χ3v) is 46.2. The molecule has 0 atom stereocenters. The predicted octanol–water partition coefficient (Wildman–Crippen LogP) is 5.23. The minimum Gasteiger partial charge on any atom is -0.416 e. The Hall–Kier alpha value is 1.77. The van der Waals surface area contributed by atoms with Crippen molar-refractivity contribution in [1.29, 1.82) is 0 Å². The molecule has 2 aliphatic heterocycles. The summed E-state index contributed by atoms with van der Waals surface area (Å²) in [4.78, 5) is 0. The summed E-state index contributed by atoms with van der Waals surface area (Å²) < 4.78 is 53.1. The Balaban J connectivity index is 2.41. The first-order valence-electron chi connectivity index (χ1n) is 10.7. The summed E-state index contributed by atoms with van der Waals surface area (Å²) in [5.41, 5.74) is 0. The number of hydrogen-bond donors (Lipinski definition) is 0. The Morgan fingerprint density at radius 3 is 0.645 bits per heavy atom. The smallest absolute Gasteiger partial charge is 0.383 e. The minimum atomic E-state index is -2.84. The molecule has 2 heterocycles. The van der Waals surface area contributed by atoms with Crippen LogP contribution >= 0.6 is 10.7 Å². The number of hydrogen-bond acceptors (Lipinski definition) is 9. The normalized spacial score (nSPS) is 32.7. The summed E-state index contributed by atoms with van der Waals surface area (Å²) >= 11 is 0. The molecule has 0 radical (unpaired) electrons. The van der Waals surface area contributed by atoms with Crippen molar-refractivity contribution >= 4 is 77.4 Å². The standard InChI is InChI=1S/C14H42O8SSi8/c1-24(2)15-26(5,6)19-30(13,20-27(7,8)16-24)23-31(14)21-28(9,10)17-25(3,4)18-29(11,12)22-31/h1-14H3. The Kier molecular flexibility index (Phi) is 8.14. The molecular formula is C14H42O8SSi8. The third-order valence-electron chi connectivity index (χ3n) is 4.06. The lowest BCUT2D eigenvalue weighted by atomic mass is 11.9. The molecule has 2 aliphatic rings. The molecule has 0 unspecified atom stereocenters. The molecule has 0 aromatic carbocycles. The van der Waals surface area contributed by atoms with E-state index in [1.807, 2.05) is 0 Å². The first kappa shape index (κ1) is 29.0. The van der Waals surface area contributed by atoms with Crippen molar-refractivity contribution in [2.24, 2.45) is 0 Å². The topological polar surface area (TPSA) is 73.8 Å². The summed E-state index contributed by atoms with van der Waals surface area (Å²) in [5, 5.41) is 0. The molecule has 0 aliphatic carbocycles. The Bertz CT molecular complexity index is 589. The molecule has 0 spiro atoms. The van der Waals surface area contributed by atoms with Crippen molar-refractivity contribution in [2.45, 2.75) is 91.7 Å². The van der Waals surface area contributed by atoms with E-state index in [9.17, 15) is 0 Å². The Morgan fingerprint density at radius 2 is 0.452 bits per heavy atom. The summed E-state index contributed by atoms with van der Waals surface area (Å²) in [5.74, 6) is 0. The predicted molar refractivity (Wildman–Crippen MR) is 144 cm³/mol. The van der Waals surface area contributed by atoms with Gasteiger partial charge in [-0.25, -0.2) is 0 Å². The Morgan fingerprint density at radius 1 is 0.290 bits per heavy atom. The summed E-state index contributed by atoms with van der Waals surface area (Å²) in [6.07, 6.45) is 0. The van der Waals surface area contributed by atoms with Crippen molar-refractivity contribution in [2.75, 3.05) is 0 Å². The van der Waals surface area contributed by atoms with Gasteiger partial charge >= 0.3 is 66.8 Å². The molecule has 0 aromatic rings. The first-order chi connectivity index (χ1) is 13.4. The molecule has 2 rings (SSSR count). The molecule has 17 heteroatoms. The fourth-order valence-electron chi connectivity index (χ4n) is 4.74. The van der Waals surface area contributed by atoms with E-state index in [1.165, 1.54) is 0 Å². The van der Waals surface area contributed by atoms with E-state index in [0.29, 0.717) is 0 Å². The van der Waals surface area contributed by atoms with E-state index < -0.39 is 66.8 Å². The van der Waals surface area contributed by atoms with Gasteiger partial charge in [0.25, 0.3) is 0 Å². The van der Waals surface area contributed by atoms with Gasteiger partial charge in [-0.3, -0.25) is 0 Å². The van der Waals surface area contributed by atoms with Gasteiger partial charge in [0, 0.05) is 0 Å². The molecule has 2 saturated heterocycles. The van der Waals surface area contributed by atoms with Crippen molar-refractivity contribution in [3.63, 3.8) is 0 Å². The summed E-state index contributed by atoms with van der Waals surface area (Å²) in [7, 11) is -18.7. The van der Waals surface area contributed by atoms with Crippen LogP contribution in [0.1, 0.15) is 0 Å². The SMILES string of the molecule is C[Si]1(C)O[Si](C)(C)O[Si](C)(S[Si]2(C)O[Si](C)(C)O[Si](C)(C)O[Si](C)(C)O2)O[Si](C)(C)O1. The van der Waals surface area contributed by atoms with Gasteiger partial charge < -0.3 is 32.9 Å². The van der Waals surface area contributed by atoms with Gasteiger partial charge in [0.15, 0.2) is 0 Å². The van der Waals surface area contributed by atoms with Crippen LogP contribution in [-0.2, 0) is 32.9 Å². The highest BCUT2D eigenvalue weighted by Crippen LogP contribution is 2.44. The maximum absolute atomic E-state index is 6.77. The average Bonchev–Trinajstić information content (AvgIpc) is 2.21. The molecule has 2 fully saturated rings. The molecular weight excluding hydrogens is 553 g/mol. The quantitative estimate of drug-likeness (QED) is 0.400. The van der Waals surface area contributed by atoms with Gasteiger partial charge in [-0.2, -0.15) is 0 Å². The van der Waals surface area contributed by atoms with E-state index >= 15 is 0 Å². The monoisotopic (exact) mass is 594 g/mol. The zero-order chi connectivity index (χ0) is 24.4. The van der Waals surface area contributed by atoms with Gasteiger partial charge in [0.05, 0.1) is 0 Å². The van der Waals surface area contributed by atoms with Crippen LogP contribution in [0, 0.1) is 0 Å². The molecule has 31 heavy (non-hydrogen) atoms. The van der Waals surface area contributed by atoms with Gasteiger partial charge in [0.1, 0.15) is 0 Å². The minimum absolute atomic E-state index is 1.64. The lowest BCUT2D eigenvalue weighted by Crippen LogP contribution is -2.68. The second-order valence-corrected chi connectivity index (χ2v) is 44.9. The second kappa shape index (κ2) is 8.71. The van der Waals surface area contributed by atoms with Gasteiger partial charge in [0.2, 0.25) is 0 Å². The van der Waals surface area contributed by atoms with Crippen LogP contribution in [-0.4, -0.2) is 66.8 Å². The highest BCUT2D eigenvalue weighted by atomic mass is 32.5. The zero-order valence-electron chi connectivity index (χ0n) is 21.7. The third kappa shape index (κ3) is 9.05. The van der Waals surface area contributed by atoms with Crippen LogP contribution in [0.5, 0.6) is 0 Å². The van der Waals surface area contributed by atoms with Crippen LogP contribution in [0.15, 0.2) is 0 Å². The molecule has 184 valence electrons. The van der Waals surface area contributed by atoms with Crippen LogP contribution in [0.25, 0.3) is 0 Å².